The van der Waals surface area contributed by atoms with E-state index in [4.69, 9.17) is 4.74 Å². The lowest BCUT2D eigenvalue weighted by Gasteiger charge is -2.14. The number of guanidine groups is 1. The smallest absolute Gasteiger partial charge is 0.421 e. The Hall–Kier alpha value is -1.63. The maximum Gasteiger partial charge on any atom is 0.421 e. The van der Waals surface area contributed by atoms with Crippen LogP contribution in [0.4, 0.5) is 13.2 Å². The summed E-state index contributed by atoms with van der Waals surface area (Å²) in [6.45, 7) is 7.46. The molecule has 6 nitrogen and oxygen atoms in total. The Morgan fingerprint density at radius 2 is 2.07 bits per heavy atom. The van der Waals surface area contributed by atoms with Gasteiger partial charge < -0.3 is 15.4 Å². The van der Waals surface area contributed by atoms with Crippen LogP contribution in [-0.2, 0) is 12.7 Å². The van der Waals surface area contributed by atoms with Gasteiger partial charge in [0.05, 0.1) is 18.8 Å². The molecule has 29 heavy (non-hydrogen) atoms. The fourth-order valence-corrected chi connectivity index (χ4v) is 3.07. The highest BCUT2D eigenvalue weighted by atomic mass is 127. The van der Waals surface area contributed by atoms with Gasteiger partial charge in [-0.05, 0) is 25.0 Å². The number of nitrogens with zero attached hydrogens (tertiary/aromatic N) is 3. The molecule has 2 N–H and O–H groups in total. The van der Waals surface area contributed by atoms with Crippen LogP contribution in [-0.4, -0.2) is 35.6 Å². The second-order valence-corrected chi connectivity index (χ2v) is 7.09. The third kappa shape index (κ3) is 8.33. The van der Waals surface area contributed by atoms with E-state index < -0.39 is 17.6 Å². The van der Waals surface area contributed by atoms with Crippen molar-refractivity contribution in [3.63, 3.8) is 0 Å². The first kappa shape index (κ1) is 25.4. The average molecular weight is 543 g/mol. The molecule has 0 bridgehead atoms. The molecule has 0 aliphatic carbocycles. The van der Waals surface area contributed by atoms with E-state index in [9.17, 15) is 13.2 Å². The minimum Gasteiger partial charge on any atom is -0.475 e. The molecular weight excluding hydrogens is 518 g/mol. The van der Waals surface area contributed by atoms with E-state index in [1.165, 1.54) is 12.3 Å². The number of thiazole rings is 1. The van der Waals surface area contributed by atoms with Crippen molar-refractivity contribution in [2.75, 3.05) is 19.7 Å². The molecule has 2 rings (SSSR count). The van der Waals surface area contributed by atoms with Gasteiger partial charge in [-0.1, -0.05) is 13.8 Å². The molecule has 162 valence electrons. The van der Waals surface area contributed by atoms with Crippen LogP contribution >= 0.6 is 35.3 Å². The van der Waals surface area contributed by atoms with Gasteiger partial charge in [-0.15, -0.1) is 35.3 Å². The minimum atomic E-state index is -4.50. The molecule has 0 spiro atoms. The van der Waals surface area contributed by atoms with Crippen molar-refractivity contribution in [3.05, 3.63) is 40.0 Å². The third-order valence-corrected chi connectivity index (χ3v) is 4.44. The molecule has 0 aliphatic heterocycles. The normalized spacial score (nSPS) is 11.9. The largest absolute Gasteiger partial charge is 0.475 e. The first-order chi connectivity index (χ1) is 13.3. The topological polar surface area (TPSA) is 71.4 Å². The van der Waals surface area contributed by atoms with E-state index in [0.29, 0.717) is 25.0 Å². The Kier molecular flexibility index (Phi) is 10.6. The van der Waals surface area contributed by atoms with E-state index in [0.717, 1.165) is 16.8 Å². The van der Waals surface area contributed by atoms with Crippen molar-refractivity contribution < 1.29 is 17.9 Å². The summed E-state index contributed by atoms with van der Waals surface area (Å²) in [6, 6.07) is 2.17. The Labute approximate surface area is 189 Å². The number of rotatable bonds is 8. The summed E-state index contributed by atoms with van der Waals surface area (Å²) >= 11 is 1.55. The number of aromatic nitrogens is 2. The highest BCUT2D eigenvalue weighted by Crippen LogP contribution is 2.34. The molecule has 2 aromatic rings. The number of aliphatic imine (C=N–C) groups is 1. The fraction of sp³-hybridized carbons (Fsp3) is 0.500. The van der Waals surface area contributed by atoms with E-state index >= 15 is 0 Å². The zero-order chi connectivity index (χ0) is 20.6. The van der Waals surface area contributed by atoms with Crippen molar-refractivity contribution in [1.29, 1.82) is 0 Å². The number of halogens is 4. The summed E-state index contributed by atoms with van der Waals surface area (Å²) in [5.74, 6) is 0.484. The van der Waals surface area contributed by atoms with Gasteiger partial charge in [-0.3, -0.25) is 0 Å². The second kappa shape index (κ2) is 12.2. The van der Waals surface area contributed by atoms with Gasteiger partial charge in [0.2, 0.25) is 5.88 Å². The van der Waals surface area contributed by atoms with E-state index in [-0.39, 0.29) is 37.1 Å². The number of alkyl halides is 3. The first-order valence-electron chi connectivity index (χ1n) is 8.92. The summed E-state index contributed by atoms with van der Waals surface area (Å²) in [7, 11) is 0. The number of pyridine rings is 1. The molecule has 0 aliphatic rings. The Bertz CT molecular complexity index is 783. The summed E-state index contributed by atoms with van der Waals surface area (Å²) in [5, 5.41) is 9.04. The predicted molar refractivity (Wildman–Crippen MR) is 119 cm³/mol. The average Bonchev–Trinajstić information content (AvgIpc) is 3.12. The zero-order valence-electron chi connectivity index (χ0n) is 16.4. The van der Waals surface area contributed by atoms with Gasteiger partial charge in [0.15, 0.2) is 5.96 Å². The minimum absolute atomic E-state index is 0. The van der Waals surface area contributed by atoms with E-state index in [2.05, 4.69) is 39.4 Å². The summed E-state index contributed by atoms with van der Waals surface area (Å²) in [6.07, 6.45) is -3.24. The number of ether oxygens (including phenoxy) is 1. The van der Waals surface area contributed by atoms with Gasteiger partial charge in [0, 0.05) is 18.1 Å². The van der Waals surface area contributed by atoms with Crippen LogP contribution in [0.3, 0.4) is 0 Å². The van der Waals surface area contributed by atoms with Crippen LogP contribution in [0, 0.1) is 0 Å². The second-order valence-electron chi connectivity index (χ2n) is 6.15. The molecule has 0 saturated heterocycles. The van der Waals surface area contributed by atoms with Gasteiger partial charge in [-0.2, -0.15) is 13.2 Å². The van der Waals surface area contributed by atoms with E-state index in [1.807, 2.05) is 12.3 Å². The summed E-state index contributed by atoms with van der Waals surface area (Å²) in [4.78, 5) is 12.6. The maximum atomic E-state index is 12.9. The van der Waals surface area contributed by atoms with Gasteiger partial charge in [0.1, 0.15) is 17.2 Å². The number of hydrogen-bond acceptors (Lipinski definition) is 5. The van der Waals surface area contributed by atoms with Crippen molar-refractivity contribution in [3.8, 4) is 5.88 Å². The molecule has 11 heteroatoms. The molecule has 0 aromatic carbocycles. The van der Waals surface area contributed by atoms with Crippen LogP contribution in [0.25, 0.3) is 0 Å². The van der Waals surface area contributed by atoms with Crippen LogP contribution in [0.15, 0.2) is 28.7 Å². The van der Waals surface area contributed by atoms with Crippen molar-refractivity contribution >= 4 is 41.3 Å². The van der Waals surface area contributed by atoms with Crippen molar-refractivity contribution in [2.45, 2.75) is 39.4 Å². The quantitative estimate of drug-likeness (QED) is 0.223. The SMILES string of the molecule is CCNC(=NCc1nc(C(C)C)cs1)NCCOc1ncccc1C(F)(F)F.I. The van der Waals surface area contributed by atoms with Gasteiger partial charge in [0.25, 0.3) is 0 Å². The molecule has 2 aromatic heterocycles. The summed E-state index contributed by atoms with van der Waals surface area (Å²) < 4.78 is 44.0. The van der Waals surface area contributed by atoms with Crippen LogP contribution in [0.5, 0.6) is 5.88 Å². The molecule has 0 atom stereocenters. The van der Waals surface area contributed by atoms with Crippen LogP contribution < -0.4 is 15.4 Å². The van der Waals surface area contributed by atoms with E-state index in [1.54, 1.807) is 11.3 Å². The lowest BCUT2D eigenvalue weighted by Crippen LogP contribution is -2.39. The molecule has 0 fully saturated rings. The van der Waals surface area contributed by atoms with Crippen molar-refractivity contribution in [2.24, 2.45) is 4.99 Å². The number of nitrogens with one attached hydrogen (secondary N) is 2. The molecular formula is C18H25F3IN5OS. The molecule has 2 heterocycles. The van der Waals surface area contributed by atoms with Gasteiger partial charge in [-0.25, -0.2) is 15.0 Å². The van der Waals surface area contributed by atoms with Crippen molar-refractivity contribution in [1.82, 2.24) is 20.6 Å². The Morgan fingerprint density at radius 1 is 1.31 bits per heavy atom. The lowest BCUT2D eigenvalue weighted by atomic mass is 10.2. The third-order valence-electron chi connectivity index (χ3n) is 3.59. The van der Waals surface area contributed by atoms with Crippen LogP contribution in [0.1, 0.15) is 43.0 Å². The van der Waals surface area contributed by atoms with Crippen LogP contribution in [0.2, 0.25) is 0 Å². The lowest BCUT2D eigenvalue weighted by molar-refractivity contribution is -0.139. The zero-order valence-corrected chi connectivity index (χ0v) is 19.6. The monoisotopic (exact) mass is 543 g/mol. The fourth-order valence-electron chi connectivity index (χ4n) is 2.19. The predicted octanol–water partition coefficient (Wildman–Crippen LogP) is 4.43. The van der Waals surface area contributed by atoms with Gasteiger partial charge >= 0.3 is 6.18 Å². The Balaban J connectivity index is 0.00000420. The maximum absolute atomic E-state index is 12.9. The standard InChI is InChI=1S/C18H24F3N5OS.HI/c1-4-22-17(25-10-15-26-14(11-28-15)12(2)3)24-8-9-27-16-13(18(19,20)21)6-5-7-23-16;/h5-7,11-12H,4,8-10H2,1-3H3,(H2,22,24,25);1H. The Morgan fingerprint density at radius 3 is 2.69 bits per heavy atom. The molecule has 0 radical (unpaired) electrons. The molecule has 0 amide bonds. The highest BCUT2D eigenvalue weighted by molar-refractivity contribution is 14.0. The molecule has 0 unspecified atom stereocenters. The highest BCUT2D eigenvalue weighted by Gasteiger charge is 2.34. The first-order valence-corrected chi connectivity index (χ1v) is 9.80. The molecule has 0 saturated carbocycles. The summed E-state index contributed by atoms with van der Waals surface area (Å²) in [5.41, 5.74) is 0.151. The number of hydrogen-bond donors (Lipinski definition) is 2.